The third-order valence-electron chi connectivity index (χ3n) is 2.22. The molecule has 0 spiro atoms. The number of hydrogen-bond acceptors (Lipinski definition) is 6. The maximum Gasteiger partial charge on any atom is 0.251 e. The van der Waals surface area contributed by atoms with Crippen molar-refractivity contribution in [1.82, 2.24) is 15.0 Å². The first-order valence-corrected chi connectivity index (χ1v) is 6.08. The van der Waals surface area contributed by atoms with E-state index in [2.05, 4.69) is 15.0 Å². The molecule has 2 aromatic rings. The average molecular weight is 277 g/mol. The number of carbonyl (C=O) groups excluding carboxylic acids is 1. The Kier molecular flexibility index (Phi) is 3.52. The smallest absolute Gasteiger partial charge is 0.251 e. The average Bonchev–Trinajstić information content (AvgIpc) is 2.30. The van der Waals surface area contributed by atoms with E-state index in [4.69, 9.17) is 11.5 Å². The van der Waals surface area contributed by atoms with E-state index in [-0.39, 0.29) is 16.8 Å². The summed E-state index contributed by atoms with van der Waals surface area (Å²) in [6, 6.07) is 2.85. The number of aromatic amines is 1. The van der Waals surface area contributed by atoms with Gasteiger partial charge in [0.2, 0.25) is 0 Å². The molecular formula is C11H11N5O2S. The number of H-pyrrole nitrogens is 1. The van der Waals surface area contributed by atoms with Crippen molar-refractivity contribution in [3.8, 4) is 0 Å². The van der Waals surface area contributed by atoms with Gasteiger partial charge in [-0.15, -0.1) is 0 Å². The predicted molar refractivity (Wildman–Crippen MR) is 70.9 cm³/mol. The number of pyridine rings is 1. The molecule has 7 nitrogen and oxygen atoms in total. The molecule has 5 N–H and O–H groups in total. The van der Waals surface area contributed by atoms with Crippen LogP contribution in [-0.4, -0.2) is 20.9 Å². The van der Waals surface area contributed by atoms with Gasteiger partial charge in [-0.1, -0.05) is 0 Å². The van der Waals surface area contributed by atoms with Gasteiger partial charge in [-0.2, -0.15) is 0 Å². The molecule has 0 aliphatic heterocycles. The van der Waals surface area contributed by atoms with Gasteiger partial charge < -0.3 is 16.5 Å². The summed E-state index contributed by atoms with van der Waals surface area (Å²) in [6.45, 7) is 1.71. The van der Waals surface area contributed by atoms with Crippen LogP contribution in [0.2, 0.25) is 0 Å². The van der Waals surface area contributed by atoms with Crippen LogP contribution < -0.4 is 17.0 Å². The second-order valence-corrected chi connectivity index (χ2v) is 4.78. The molecule has 0 bridgehead atoms. The Morgan fingerprint density at radius 1 is 1.42 bits per heavy atom. The monoisotopic (exact) mass is 277 g/mol. The zero-order chi connectivity index (χ0) is 14.0. The van der Waals surface area contributed by atoms with E-state index >= 15 is 0 Å². The number of carbonyl (C=O) groups is 1. The highest BCUT2D eigenvalue weighted by Gasteiger charge is 2.10. The summed E-state index contributed by atoms with van der Waals surface area (Å²) in [7, 11) is 0. The lowest BCUT2D eigenvalue weighted by atomic mass is 10.2. The molecule has 8 heteroatoms. The fourth-order valence-electron chi connectivity index (χ4n) is 1.41. The number of hydrogen-bond donors (Lipinski definition) is 3. The number of nitrogens with two attached hydrogens (primary N) is 2. The topological polar surface area (TPSA) is 128 Å². The van der Waals surface area contributed by atoms with Crippen molar-refractivity contribution in [3.63, 3.8) is 0 Å². The standard InChI is InChI=1S/C11H11N5O2S/c1-5-2-8(17)16-11(15-5)19-9-3-6(10(13)18)7(12)4-14-9/h2-4H,12H2,1H3,(H2,13,18)(H,15,16,17). The number of primary amides is 1. The van der Waals surface area contributed by atoms with Gasteiger partial charge in [0.1, 0.15) is 5.03 Å². The fourth-order valence-corrected chi connectivity index (χ4v) is 2.24. The van der Waals surface area contributed by atoms with Crippen LogP contribution in [0.1, 0.15) is 16.1 Å². The molecule has 0 aliphatic rings. The van der Waals surface area contributed by atoms with Gasteiger partial charge in [0, 0.05) is 11.8 Å². The number of aryl methyl sites for hydroxylation is 1. The van der Waals surface area contributed by atoms with Crippen molar-refractivity contribution in [3.05, 3.63) is 39.9 Å². The van der Waals surface area contributed by atoms with Crippen LogP contribution in [0, 0.1) is 6.92 Å². The second kappa shape index (κ2) is 5.11. The van der Waals surface area contributed by atoms with E-state index in [1.807, 2.05) is 0 Å². The van der Waals surface area contributed by atoms with E-state index in [1.165, 1.54) is 18.3 Å². The van der Waals surface area contributed by atoms with Crippen molar-refractivity contribution in [1.29, 1.82) is 0 Å². The summed E-state index contributed by atoms with van der Waals surface area (Å²) < 4.78 is 0. The van der Waals surface area contributed by atoms with Gasteiger partial charge in [0.25, 0.3) is 11.5 Å². The van der Waals surface area contributed by atoms with Gasteiger partial charge in [-0.25, -0.2) is 9.97 Å². The molecule has 0 saturated heterocycles. The minimum Gasteiger partial charge on any atom is -0.397 e. The van der Waals surface area contributed by atoms with Gasteiger partial charge in [0.15, 0.2) is 5.16 Å². The molecule has 0 fully saturated rings. The normalized spacial score (nSPS) is 10.4. The van der Waals surface area contributed by atoms with Crippen LogP contribution in [0.25, 0.3) is 0 Å². The first-order valence-electron chi connectivity index (χ1n) is 5.27. The quantitative estimate of drug-likeness (QED) is 0.692. The molecule has 2 rings (SSSR count). The van der Waals surface area contributed by atoms with Gasteiger partial charge in [-0.3, -0.25) is 9.59 Å². The zero-order valence-corrected chi connectivity index (χ0v) is 10.8. The predicted octanol–water partition coefficient (Wildman–Crippen LogP) is 0.306. The van der Waals surface area contributed by atoms with Crippen LogP contribution in [0.3, 0.4) is 0 Å². The maximum absolute atomic E-state index is 11.3. The van der Waals surface area contributed by atoms with Crippen LogP contribution in [0.15, 0.2) is 33.3 Å². The third kappa shape index (κ3) is 3.10. The van der Waals surface area contributed by atoms with E-state index in [0.29, 0.717) is 15.9 Å². The van der Waals surface area contributed by atoms with Crippen molar-refractivity contribution in [2.24, 2.45) is 5.73 Å². The number of amides is 1. The Morgan fingerprint density at radius 2 is 2.16 bits per heavy atom. The van der Waals surface area contributed by atoms with E-state index in [1.54, 1.807) is 6.92 Å². The molecule has 0 unspecified atom stereocenters. The Morgan fingerprint density at radius 3 is 2.79 bits per heavy atom. The highest BCUT2D eigenvalue weighted by molar-refractivity contribution is 7.99. The van der Waals surface area contributed by atoms with Crippen molar-refractivity contribution < 1.29 is 4.79 Å². The van der Waals surface area contributed by atoms with Gasteiger partial charge in [-0.05, 0) is 24.8 Å². The van der Waals surface area contributed by atoms with E-state index < -0.39 is 5.91 Å². The summed E-state index contributed by atoms with van der Waals surface area (Å²) in [4.78, 5) is 33.2. The first kappa shape index (κ1) is 13.1. The summed E-state index contributed by atoms with van der Waals surface area (Å²) in [5, 5.41) is 0.856. The summed E-state index contributed by atoms with van der Waals surface area (Å²) in [5.74, 6) is -0.632. The first-order chi connectivity index (χ1) is 8.95. The lowest BCUT2D eigenvalue weighted by Gasteiger charge is -2.04. The minimum absolute atomic E-state index is 0.188. The number of anilines is 1. The fraction of sp³-hybridized carbons (Fsp3) is 0.0909. The Bertz CT molecular complexity index is 698. The number of nitrogens with zero attached hydrogens (tertiary/aromatic N) is 2. The maximum atomic E-state index is 11.3. The lowest BCUT2D eigenvalue weighted by Crippen LogP contribution is -2.14. The summed E-state index contributed by atoms with van der Waals surface area (Å²) in [6.07, 6.45) is 1.34. The van der Waals surface area contributed by atoms with E-state index in [0.717, 1.165) is 11.8 Å². The molecule has 0 saturated carbocycles. The number of nitrogens with one attached hydrogen (secondary N) is 1. The molecule has 0 radical (unpaired) electrons. The molecule has 1 amide bonds. The minimum atomic E-state index is -0.632. The molecule has 0 aliphatic carbocycles. The molecule has 0 atom stereocenters. The Hall–Kier alpha value is -2.35. The molecule has 2 heterocycles. The zero-order valence-electron chi connectivity index (χ0n) is 10.0. The molecule has 98 valence electrons. The number of rotatable bonds is 3. The molecular weight excluding hydrogens is 266 g/mol. The van der Waals surface area contributed by atoms with Gasteiger partial charge in [0.05, 0.1) is 17.4 Å². The van der Waals surface area contributed by atoms with Crippen LogP contribution in [0.5, 0.6) is 0 Å². The van der Waals surface area contributed by atoms with Gasteiger partial charge >= 0.3 is 0 Å². The molecule has 2 aromatic heterocycles. The lowest BCUT2D eigenvalue weighted by molar-refractivity contribution is 0.100. The molecule has 19 heavy (non-hydrogen) atoms. The second-order valence-electron chi connectivity index (χ2n) is 3.77. The van der Waals surface area contributed by atoms with Crippen LogP contribution >= 0.6 is 11.8 Å². The summed E-state index contributed by atoms with van der Waals surface area (Å²) in [5.41, 5.74) is 11.5. The Balaban J connectivity index is 2.36. The van der Waals surface area contributed by atoms with Crippen molar-refractivity contribution in [2.75, 3.05) is 5.73 Å². The van der Waals surface area contributed by atoms with Crippen LogP contribution in [-0.2, 0) is 0 Å². The highest BCUT2D eigenvalue weighted by Crippen LogP contribution is 2.24. The molecule has 0 aromatic carbocycles. The van der Waals surface area contributed by atoms with Crippen molar-refractivity contribution in [2.45, 2.75) is 17.1 Å². The third-order valence-corrected chi connectivity index (χ3v) is 3.04. The highest BCUT2D eigenvalue weighted by atomic mass is 32.2. The van der Waals surface area contributed by atoms with Crippen molar-refractivity contribution >= 4 is 23.4 Å². The number of nitrogen functional groups attached to an aromatic ring is 1. The summed E-state index contributed by atoms with van der Waals surface area (Å²) >= 11 is 1.12. The number of aromatic nitrogens is 3. The SMILES string of the molecule is Cc1cc(=O)[nH]c(Sc2cc(C(N)=O)c(N)cn2)n1. The Labute approximate surface area is 112 Å². The largest absolute Gasteiger partial charge is 0.397 e. The van der Waals surface area contributed by atoms with Crippen LogP contribution in [0.4, 0.5) is 5.69 Å². The van der Waals surface area contributed by atoms with E-state index in [9.17, 15) is 9.59 Å².